The van der Waals surface area contributed by atoms with Gasteiger partial charge in [0.15, 0.2) is 0 Å². The van der Waals surface area contributed by atoms with Gasteiger partial charge in [-0.2, -0.15) is 0 Å². The maximum Gasteiger partial charge on any atom is 0.220 e. The first-order valence-corrected chi connectivity index (χ1v) is 7.80. The molecule has 0 heterocycles. The molecule has 0 bridgehead atoms. The van der Waals surface area contributed by atoms with Gasteiger partial charge in [-0.05, 0) is 49.7 Å². The topological polar surface area (TPSA) is 55.1 Å². The Labute approximate surface area is 121 Å². The number of hydrogen-bond donors (Lipinski definition) is 2. The Kier molecular flexibility index (Phi) is 5.60. The minimum atomic E-state index is 0.171. The van der Waals surface area contributed by atoms with E-state index in [1.54, 1.807) is 0 Å². The van der Waals surface area contributed by atoms with Crippen molar-refractivity contribution in [2.24, 2.45) is 5.73 Å². The molecular weight excluding hydrogens is 248 g/mol. The number of carbonyl (C=O) groups is 1. The molecule has 1 aliphatic carbocycles. The minimum Gasteiger partial charge on any atom is -0.353 e. The van der Waals surface area contributed by atoms with Crippen LogP contribution in [-0.4, -0.2) is 18.0 Å². The van der Waals surface area contributed by atoms with E-state index >= 15 is 0 Å². The van der Waals surface area contributed by atoms with Crippen molar-refractivity contribution < 1.29 is 4.79 Å². The molecule has 2 rings (SSSR count). The molecule has 1 amide bonds. The maximum atomic E-state index is 11.9. The number of benzene rings is 1. The van der Waals surface area contributed by atoms with Gasteiger partial charge in [-0.1, -0.05) is 31.2 Å². The van der Waals surface area contributed by atoms with Crippen LogP contribution in [0.4, 0.5) is 0 Å². The van der Waals surface area contributed by atoms with Crippen LogP contribution in [0.15, 0.2) is 24.3 Å². The molecule has 1 aliphatic rings. The van der Waals surface area contributed by atoms with Gasteiger partial charge in [0.05, 0.1) is 0 Å². The molecule has 1 fully saturated rings. The van der Waals surface area contributed by atoms with E-state index in [2.05, 4.69) is 36.5 Å². The van der Waals surface area contributed by atoms with Crippen LogP contribution < -0.4 is 11.1 Å². The van der Waals surface area contributed by atoms with Gasteiger partial charge in [0, 0.05) is 18.5 Å². The normalized spacial score (nSPS) is 22.5. The monoisotopic (exact) mass is 274 g/mol. The van der Waals surface area contributed by atoms with E-state index in [1.807, 2.05) is 0 Å². The van der Waals surface area contributed by atoms with E-state index in [9.17, 15) is 4.79 Å². The zero-order chi connectivity index (χ0) is 14.4. The average Bonchev–Trinajstić information content (AvgIpc) is 2.48. The Morgan fingerprint density at radius 3 is 2.35 bits per heavy atom. The zero-order valence-electron chi connectivity index (χ0n) is 12.4. The molecule has 20 heavy (non-hydrogen) atoms. The van der Waals surface area contributed by atoms with E-state index in [4.69, 9.17) is 5.73 Å². The molecule has 3 nitrogen and oxygen atoms in total. The molecule has 0 atom stereocenters. The predicted octanol–water partition coefficient (Wildman–Crippen LogP) is 2.57. The first-order chi connectivity index (χ1) is 9.67. The largest absolute Gasteiger partial charge is 0.353 e. The van der Waals surface area contributed by atoms with Crippen LogP contribution in [0, 0.1) is 0 Å². The molecule has 0 unspecified atom stereocenters. The van der Waals surface area contributed by atoms with Crippen LogP contribution in [0.5, 0.6) is 0 Å². The van der Waals surface area contributed by atoms with E-state index < -0.39 is 0 Å². The van der Waals surface area contributed by atoms with Crippen LogP contribution in [-0.2, 0) is 17.6 Å². The summed E-state index contributed by atoms with van der Waals surface area (Å²) in [4.78, 5) is 11.9. The van der Waals surface area contributed by atoms with Crippen molar-refractivity contribution in [1.82, 2.24) is 5.32 Å². The summed E-state index contributed by atoms with van der Waals surface area (Å²) in [6.45, 7) is 2.15. The summed E-state index contributed by atoms with van der Waals surface area (Å²) in [6, 6.07) is 9.23. The molecule has 0 aromatic heterocycles. The first kappa shape index (κ1) is 15.0. The molecule has 0 spiro atoms. The van der Waals surface area contributed by atoms with Gasteiger partial charge >= 0.3 is 0 Å². The number of amides is 1. The van der Waals surface area contributed by atoms with Crippen LogP contribution in [0.25, 0.3) is 0 Å². The lowest BCUT2D eigenvalue weighted by Crippen LogP contribution is -2.40. The Balaban J connectivity index is 1.71. The summed E-state index contributed by atoms with van der Waals surface area (Å²) in [5, 5.41) is 3.14. The number of carbonyl (C=O) groups excluding carboxylic acids is 1. The van der Waals surface area contributed by atoms with Crippen molar-refractivity contribution in [3.63, 3.8) is 0 Å². The predicted molar refractivity (Wildman–Crippen MR) is 82.5 cm³/mol. The number of nitrogens with one attached hydrogen (secondary N) is 1. The van der Waals surface area contributed by atoms with Gasteiger partial charge in [0.1, 0.15) is 0 Å². The SMILES string of the molecule is CCc1ccc(CCC(=O)NC2CCC(N)CC2)cc1. The van der Waals surface area contributed by atoms with Crippen LogP contribution in [0.3, 0.4) is 0 Å². The molecule has 1 aromatic rings. The van der Waals surface area contributed by atoms with Gasteiger partial charge in [-0.25, -0.2) is 0 Å². The highest BCUT2D eigenvalue weighted by molar-refractivity contribution is 5.76. The smallest absolute Gasteiger partial charge is 0.220 e. The summed E-state index contributed by atoms with van der Waals surface area (Å²) in [5.74, 6) is 0.171. The molecule has 0 saturated heterocycles. The second-order valence-corrected chi connectivity index (χ2v) is 5.85. The molecule has 1 saturated carbocycles. The van der Waals surface area contributed by atoms with Gasteiger partial charge in [-0.15, -0.1) is 0 Å². The second kappa shape index (κ2) is 7.44. The summed E-state index contributed by atoms with van der Waals surface area (Å²) in [7, 11) is 0. The van der Waals surface area contributed by atoms with E-state index in [1.165, 1.54) is 11.1 Å². The lowest BCUT2D eigenvalue weighted by Gasteiger charge is -2.26. The van der Waals surface area contributed by atoms with Crippen molar-refractivity contribution in [2.45, 2.75) is 64.0 Å². The van der Waals surface area contributed by atoms with Crippen LogP contribution in [0.2, 0.25) is 0 Å². The van der Waals surface area contributed by atoms with Crippen molar-refractivity contribution >= 4 is 5.91 Å². The number of nitrogens with two attached hydrogens (primary N) is 1. The zero-order valence-corrected chi connectivity index (χ0v) is 12.4. The van der Waals surface area contributed by atoms with Gasteiger partial charge < -0.3 is 11.1 Å². The van der Waals surface area contributed by atoms with Crippen molar-refractivity contribution in [2.75, 3.05) is 0 Å². The number of aryl methyl sites for hydroxylation is 2. The lowest BCUT2D eigenvalue weighted by molar-refractivity contribution is -0.122. The molecule has 0 aliphatic heterocycles. The number of rotatable bonds is 5. The molecular formula is C17H26N2O. The quantitative estimate of drug-likeness (QED) is 0.867. The van der Waals surface area contributed by atoms with Crippen molar-refractivity contribution in [3.8, 4) is 0 Å². The fraction of sp³-hybridized carbons (Fsp3) is 0.588. The minimum absolute atomic E-state index is 0.171. The summed E-state index contributed by atoms with van der Waals surface area (Å²) in [6.07, 6.45) is 6.57. The molecule has 3 heteroatoms. The van der Waals surface area contributed by atoms with Gasteiger partial charge in [0.2, 0.25) is 5.91 Å². The third-order valence-electron chi connectivity index (χ3n) is 4.21. The summed E-state index contributed by atoms with van der Waals surface area (Å²) in [5.41, 5.74) is 8.46. The lowest BCUT2D eigenvalue weighted by atomic mass is 9.91. The van der Waals surface area contributed by atoms with Crippen LogP contribution in [0.1, 0.15) is 50.2 Å². The Bertz CT molecular complexity index is 419. The highest BCUT2D eigenvalue weighted by Gasteiger charge is 2.19. The number of hydrogen-bond acceptors (Lipinski definition) is 2. The molecule has 3 N–H and O–H groups in total. The first-order valence-electron chi connectivity index (χ1n) is 7.80. The molecule has 1 aromatic carbocycles. The molecule has 110 valence electrons. The fourth-order valence-electron chi connectivity index (χ4n) is 2.76. The Morgan fingerprint density at radius 1 is 1.15 bits per heavy atom. The van der Waals surface area contributed by atoms with Crippen molar-refractivity contribution in [1.29, 1.82) is 0 Å². The van der Waals surface area contributed by atoms with Crippen LogP contribution >= 0.6 is 0 Å². The van der Waals surface area contributed by atoms with E-state index in [-0.39, 0.29) is 5.91 Å². The standard InChI is InChI=1S/C17H26N2O/c1-2-13-3-5-14(6-4-13)7-12-17(20)19-16-10-8-15(18)9-11-16/h3-6,15-16H,2,7-12,18H2,1H3,(H,19,20). The maximum absolute atomic E-state index is 11.9. The van der Waals surface area contributed by atoms with Gasteiger partial charge in [-0.3, -0.25) is 4.79 Å². The second-order valence-electron chi connectivity index (χ2n) is 5.85. The Hall–Kier alpha value is -1.35. The third-order valence-corrected chi connectivity index (χ3v) is 4.21. The summed E-state index contributed by atoms with van der Waals surface area (Å²) < 4.78 is 0. The fourth-order valence-corrected chi connectivity index (χ4v) is 2.76. The van der Waals surface area contributed by atoms with E-state index in [0.29, 0.717) is 18.5 Å². The highest BCUT2D eigenvalue weighted by Crippen LogP contribution is 2.17. The average molecular weight is 274 g/mol. The van der Waals surface area contributed by atoms with Gasteiger partial charge in [0.25, 0.3) is 0 Å². The third kappa shape index (κ3) is 4.64. The summed E-state index contributed by atoms with van der Waals surface area (Å²) >= 11 is 0. The Morgan fingerprint density at radius 2 is 1.75 bits per heavy atom. The molecule has 0 radical (unpaired) electrons. The van der Waals surface area contributed by atoms with E-state index in [0.717, 1.165) is 38.5 Å². The highest BCUT2D eigenvalue weighted by atomic mass is 16.1. The van der Waals surface area contributed by atoms with Crippen molar-refractivity contribution in [3.05, 3.63) is 35.4 Å².